The van der Waals surface area contributed by atoms with Crippen LogP contribution in [0.25, 0.3) is 0 Å². The third-order valence-corrected chi connectivity index (χ3v) is 7.58. The topological polar surface area (TPSA) is 131 Å². The Hall–Kier alpha value is -4.47. The highest BCUT2D eigenvalue weighted by Gasteiger charge is 2.56. The van der Waals surface area contributed by atoms with Crippen LogP contribution in [-0.4, -0.2) is 59.4 Å². The molecule has 0 radical (unpaired) electrons. The number of rotatable bonds is 7. The summed E-state index contributed by atoms with van der Waals surface area (Å²) in [6.45, 7) is 5.21. The second kappa shape index (κ2) is 11.7. The number of hydrogen-bond donors (Lipinski definition) is 3. The zero-order valence-electron chi connectivity index (χ0n) is 23.7. The van der Waals surface area contributed by atoms with Gasteiger partial charge in [-0.05, 0) is 41.2 Å². The molecule has 0 saturated carbocycles. The van der Waals surface area contributed by atoms with Crippen molar-refractivity contribution in [3.63, 3.8) is 0 Å². The zero-order valence-corrected chi connectivity index (χ0v) is 23.7. The molecule has 43 heavy (non-hydrogen) atoms. The Labute approximate surface area is 245 Å². The van der Waals surface area contributed by atoms with E-state index in [0.29, 0.717) is 11.3 Å². The highest BCUT2D eigenvalue weighted by Crippen LogP contribution is 2.46. The molecule has 9 nitrogen and oxygen atoms in total. The summed E-state index contributed by atoms with van der Waals surface area (Å²) in [5, 5.41) is 16.9. The lowest BCUT2D eigenvalue weighted by molar-refractivity contribution is -0.174. The lowest BCUT2D eigenvalue weighted by atomic mass is 9.80. The average Bonchev–Trinajstić information content (AvgIpc) is 3.45. The average molecular weight is 602 g/mol. The van der Waals surface area contributed by atoms with Gasteiger partial charge in [0.25, 0.3) is 0 Å². The van der Waals surface area contributed by atoms with Crippen LogP contribution in [0.1, 0.15) is 44.7 Å². The molecule has 1 saturated heterocycles. The molecular weight excluding hydrogens is 570 g/mol. The van der Waals surface area contributed by atoms with Crippen LogP contribution < -0.4 is 16.0 Å². The predicted molar refractivity (Wildman–Crippen MR) is 147 cm³/mol. The van der Waals surface area contributed by atoms with E-state index in [4.69, 9.17) is 0 Å². The Morgan fingerprint density at radius 3 is 2.33 bits per heavy atom. The fourth-order valence-corrected chi connectivity index (χ4v) is 5.58. The number of para-hydroxylation sites is 1. The van der Waals surface area contributed by atoms with Gasteiger partial charge in [0.05, 0.1) is 11.5 Å². The number of benzene rings is 2. The van der Waals surface area contributed by atoms with E-state index < -0.39 is 65.1 Å². The lowest BCUT2D eigenvalue weighted by Crippen LogP contribution is -2.57. The Kier molecular flexibility index (Phi) is 8.53. The van der Waals surface area contributed by atoms with E-state index in [9.17, 15) is 42.0 Å². The molecule has 3 N–H and O–H groups in total. The molecule has 2 aliphatic rings. The van der Waals surface area contributed by atoms with E-state index in [2.05, 4.69) is 16.7 Å². The highest BCUT2D eigenvalue weighted by molar-refractivity contribution is 6.07. The highest BCUT2D eigenvalue weighted by atomic mass is 19.4. The van der Waals surface area contributed by atoms with Gasteiger partial charge in [0.1, 0.15) is 23.9 Å². The minimum Gasteiger partial charge on any atom is -0.342 e. The number of hydrogen-bond acceptors (Lipinski definition) is 5. The van der Waals surface area contributed by atoms with Gasteiger partial charge < -0.3 is 20.9 Å². The molecule has 4 rings (SSSR count). The molecule has 2 heterocycles. The predicted octanol–water partition coefficient (Wildman–Crippen LogP) is 3.35. The van der Waals surface area contributed by atoms with Crippen molar-refractivity contribution in [3.8, 4) is 6.07 Å². The number of nitriles is 1. The van der Waals surface area contributed by atoms with Gasteiger partial charge in [-0.25, -0.2) is 4.39 Å². The number of fused-ring (bicyclic) bond motifs is 2. The normalized spacial score (nSPS) is 21.0. The number of halogens is 4. The lowest BCUT2D eigenvalue weighted by Gasteiger charge is -2.32. The van der Waals surface area contributed by atoms with Gasteiger partial charge in [-0.3, -0.25) is 19.2 Å². The standard InChI is InChI=1S/C30H31F4N5O4/c1-28(2,3)14-23(36-24(40)22(38-27(43)30(32,33)34)12-17-8-10-18(31)11-9-17)25(41)39-16-29(13-19(39)15-35)20-6-4-5-7-21(20)37-26(29)42/h4-11,19,22-23H,12-14,16H2,1-3H3,(H,36,40)(H,37,42)(H,38,43)/t19-,22-,23-,29-/m0/s1. The van der Waals surface area contributed by atoms with Crippen molar-refractivity contribution in [2.75, 3.05) is 11.9 Å². The summed E-state index contributed by atoms with van der Waals surface area (Å²) in [5.41, 5.74) is -0.288. The molecule has 0 bridgehead atoms. The van der Waals surface area contributed by atoms with Crippen LogP contribution in [0.4, 0.5) is 23.2 Å². The Morgan fingerprint density at radius 1 is 1.07 bits per heavy atom. The number of likely N-dealkylation sites (tertiary alicyclic amines) is 1. The number of carbonyl (C=O) groups is 4. The molecule has 0 unspecified atom stereocenters. The first-order valence-electron chi connectivity index (χ1n) is 13.6. The minimum atomic E-state index is -5.29. The molecule has 2 aromatic carbocycles. The van der Waals surface area contributed by atoms with Crippen LogP contribution in [0.5, 0.6) is 0 Å². The van der Waals surface area contributed by atoms with Crippen molar-refractivity contribution in [1.82, 2.24) is 15.5 Å². The van der Waals surface area contributed by atoms with E-state index in [0.717, 1.165) is 12.1 Å². The molecule has 13 heteroatoms. The van der Waals surface area contributed by atoms with Gasteiger partial charge in [0.2, 0.25) is 17.7 Å². The molecule has 0 aromatic heterocycles. The number of amides is 4. The van der Waals surface area contributed by atoms with Gasteiger partial charge in [0.15, 0.2) is 0 Å². The van der Waals surface area contributed by atoms with Crippen molar-refractivity contribution >= 4 is 29.3 Å². The first kappa shape index (κ1) is 31.5. The minimum absolute atomic E-state index is 0.0170. The van der Waals surface area contributed by atoms with Crippen LogP contribution in [-0.2, 0) is 31.0 Å². The van der Waals surface area contributed by atoms with Crippen molar-refractivity contribution in [2.45, 2.75) is 69.8 Å². The van der Waals surface area contributed by atoms with Crippen molar-refractivity contribution in [2.24, 2.45) is 5.41 Å². The van der Waals surface area contributed by atoms with Crippen LogP contribution in [0.2, 0.25) is 0 Å². The Bertz CT molecular complexity index is 1460. The molecule has 2 aliphatic heterocycles. The SMILES string of the molecule is CC(C)(C)C[C@H](NC(=O)[C@H](Cc1ccc(F)cc1)NC(=O)C(F)(F)F)C(=O)N1C[C@]2(C[C@H]1C#N)C(=O)Nc1ccccc12. The third kappa shape index (κ3) is 6.79. The molecule has 2 aromatic rings. The summed E-state index contributed by atoms with van der Waals surface area (Å²) in [4.78, 5) is 53.6. The first-order chi connectivity index (χ1) is 20.0. The summed E-state index contributed by atoms with van der Waals surface area (Å²) in [6.07, 6.45) is -5.67. The summed E-state index contributed by atoms with van der Waals surface area (Å²) < 4.78 is 52.8. The quantitative estimate of drug-likeness (QED) is 0.419. The summed E-state index contributed by atoms with van der Waals surface area (Å²) in [6, 6.07) is 9.56. The van der Waals surface area contributed by atoms with Crippen molar-refractivity contribution in [3.05, 3.63) is 65.5 Å². The molecule has 228 valence electrons. The van der Waals surface area contributed by atoms with Crippen LogP contribution in [0.3, 0.4) is 0 Å². The van der Waals surface area contributed by atoms with Gasteiger partial charge in [-0.2, -0.15) is 18.4 Å². The van der Waals surface area contributed by atoms with E-state index in [1.165, 1.54) is 17.0 Å². The van der Waals surface area contributed by atoms with E-state index >= 15 is 0 Å². The number of nitrogens with zero attached hydrogens (tertiary/aromatic N) is 2. The molecule has 4 atom stereocenters. The summed E-state index contributed by atoms with van der Waals surface area (Å²) in [5.74, 6) is -5.09. The van der Waals surface area contributed by atoms with Gasteiger partial charge >= 0.3 is 12.1 Å². The van der Waals surface area contributed by atoms with Gasteiger partial charge in [-0.15, -0.1) is 0 Å². The van der Waals surface area contributed by atoms with Gasteiger partial charge in [-0.1, -0.05) is 51.1 Å². The molecule has 4 amide bonds. The second-order valence-electron chi connectivity index (χ2n) is 12.1. The Morgan fingerprint density at radius 2 is 1.72 bits per heavy atom. The van der Waals surface area contributed by atoms with E-state index in [-0.39, 0.29) is 30.9 Å². The largest absolute Gasteiger partial charge is 0.471 e. The van der Waals surface area contributed by atoms with E-state index in [1.807, 2.05) is 0 Å². The number of nitrogens with one attached hydrogen (secondary N) is 3. The Balaban J connectivity index is 1.62. The monoisotopic (exact) mass is 601 g/mol. The van der Waals surface area contributed by atoms with Crippen LogP contribution in [0, 0.1) is 22.6 Å². The van der Waals surface area contributed by atoms with Crippen LogP contribution >= 0.6 is 0 Å². The summed E-state index contributed by atoms with van der Waals surface area (Å²) in [7, 11) is 0. The fourth-order valence-electron chi connectivity index (χ4n) is 5.58. The number of alkyl halides is 3. The second-order valence-corrected chi connectivity index (χ2v) is 12.1. The molecule has 1 spiro atoms. The number of carbonyl (C=O) groups excluding carboxylic acids is 4. The number of anilines is 1. The van der Waals surface area contributed by atoms with E-state index in [1.54, 1.807) is 50.4 Å². The maximum absolute atomic E-state index is 14.0. The maximum atomic E-state index is 14.0. The third-order valence-electron chi connectivity index (χ3n) is 7.58. The molecule has 0 aliphatic carbocycles. The first-order valence-corrected chi connectivity index (χ1v) is 13.6. The fraction of sp³-hybridized carbons (Fsp3) is 0.433. The maximum Gasteiger partial charge on any atom is 0.471 e. The molecular formula is C30H31F4N5O4. The smallest absolute Gasteiger partial charge is 0.342 e. The van der Waals surface area contributed by atoms with Crippen molar-refractivity contribution < 1.29 is 36.7 Å². The van der Waals surface area contributed by atoms with Gasteiger partial charge in [0, 0.05) is 25.1 Å². The summed E-state index contributed by atoms with van der Waals surface area (Å²) >= 11 is 0. The van der Waals surface area contributed by atoms with Crippen molar-refractivity contribution in [1.29, 1.82) is 5.26 Å². The van der Waals surface area contributed by atoms with Crippen LogP contribution in [0.15, 0.2) is 48.5 Å². The zero-order chi connectivity index (χ0) is 31.7. The molecule has 1 fully saturated rings.